The molecule has 1 aromatic carbocycles. The Bertz CT molecular complexity index is 1550. The quantitative estimate of drug-likeness (QED) is 0.424. The molecule has 0 spiro atoms. The Kier molecular flexibility index (Phi) is 4.91. The molecular formula is C23H18FN5O2S. The summed E-state index contributed by atoms with van der Waals surface area (Å²) in [6.45, 7) is 0.167. The highest BCUT2D eigenvalue weighted by Gasteiger charge is 2.17. The van der Waals surface area contributed by atoms with Gasteiger partial charge in [-0.2, -0.15) is 0 Å². The van der Waals surface area contributed by atoms with Gasteiger partial charge in [0.25, 0.3) is 0 Å². The molecule has 4 heterocycles. The van der Waals surface area contributed by atoms with Crippen LogP contribution in [0.1, 0.15) is 5.56 Å². The minimum absolute atomic E-state index is 0.167. The number of pyridine rings is 3. The van der Waals surface area contributed by atoms with Crippen LogP contribution in [0.2, 0.25) is 0 Å². The SMILES string of the molecule is CS(=O)(=O)NCc1ccc(-c2c(F)cnc3[nH]c4cnc(-c5cccnc5)cc4c23)cc1. The van der Waals surface area contributed by atoms with Crippen LogP contribution in [-0.2, 0) is 16.6 Å². The van der Waals surface area contributed by atoms with E-state index in [0.29, 0.717) is 22.2 Å². The lowest BCUT2D eigenvalue weighted by Gasteiger charge is -2.08. The number of sulfonamides is 1. The number of H-pyrrole nitrogens is 1. The Hall–Kier alpha value is -3.69. The molecule has 0 aliphatic carbocycles. The first-order chi connectivity index (χ1) is 15.4. The van der Waals surface area contributed by atoms with Crippen LogP contribution < -0.4 is 4.72 Å². The molecule has 0 unspecified atom stereocenters. The van der Waals surface area contributed by atoms with Crippen LogP contribution in [0, 0.1) is 5.82 Å². The van der Waals surface area contributed by atoms with Gasteiger partial charge in [0, 0.05) is 40.8 Å². The predicted molar refractivity (Wildman–Crippen MR) is 122 cm³/mol. The molecule has 32 heavy (non-hydrogen) atoms. The summed E-state index contributed by atoms with van der Waals surface area (Å²) in [5.74, 6) is -0.444. The molecule has 0 atom stereocenters. The van der Waals surface area contributed by atoms with Gasteiger partial charge in [-0.1, -0.05) is 24.3 Å². The molecule has 0 bridgehead atoms. The van der Waals surface area contributed by atoms with Gasteiger partial charge in [0.1, 0.15) is 11.5 Å². The van der Waals surface area contributed by atoms with E-state index in [-0.39, 0.29) is 6.54 Å². The Labute approximate surface area is 183 Å². The van der Waals surface area contributed by atoms with Crippen molar-refractivity contribution in [3.63, 3.8) is 0 Å². The second-order valence-electron chi connectivity index (χ2n) is 7.48. The maximum atomic E-state index is 15.0. The monoisotopic (exact) mass is 447 g/mol. The normalized spacial score (nSPS) is 11.9. The van der Waals surface area contributed by atoms with Crippen molar-refractivity contribution in [3.05, 3.63) is 78.6 Å². The van der Waals surface area contributed by atoms with Crippen LogP contribution >= 0.6 is 0 Å². The molecule has 0 radical (unpaired) electrons. The van der Waals surface area contributed by atoms with E-state index in [9.17, 15) is 8.42 Å². The van der Waals surface area contributed by atoms with Gasteiger partial charge in [0.2, 0.25) is 10.0 Å². The van der Waals surface area contributed by atoms with Crippen LogP contribution in [0.15, 0.2) is 67.3 Å². The zero-order valence-corrected chi connectivity index (χ0v) is 17.8. The van der Waals surface area contributed by atoms with Crippen molar-refractivity contribution in [2.45, 2.75) is 6.54 Å². The lowest BCUT2D eigenvalue weighted by Crippen LogP contribution is -2.21. The van der Waals surface area contributed by atoms with Gasteiger partial charge in [0.15, 0.2) is 0 Å². The second kappa shape index (κ2) is 7.77. The van der Waals surface area contributed by atoms with E-state index in [1.807, 2.05) is 18.2 Å². The van der Waals surface area contributed by atoms with Crippen molar-refractivity contribution in [1.29, 1.82) is 0 Å². The summed E-state index contributed by atoms with van der Waals surface area (Å²) in [6.07, 6.45) is 7.44. The number of fused-ring (bicyclic) bond motifs is 3. The first-order valence-electron chi connectivity index (χ1n) is 9.79. The molecule has 9 heteroatoms. The lowest BCUT2D eigenvalue weighted by atomic mass is 9.99. The van der Waals surface area contributed by atoms with Crippen molar-refractivity contribution >= 4 is 32.0 Å². The highest BCUT2D eigenvalue weighted by atomic mass is 32.2. The maximum absolute atomic E-state index is 15.0. The fourth-order valence-electron chi connectivity index (χ4n) is 3.69. The van der Waals surface area contributed by atoms with Gasteiger partial charge < -0.3 is 4.98 Å². The Morgan fingerprint density at radius 3 is 2.56 bits per heavy atom. The molecule has 5 aromatic rings. The van der Waals surface area contributed by atoms with Crippen molar-refractivity contribution in [1.82, 2.24) is 24.7 Å². The average molecular weight is 447 g/mol. The van der Waals surface area contributed by atoms with Gasteiger partial charge in [-0.25, -0.2) is 22.5 Å². The molecular weight excluding hydrogens is 429 g/mol. The Balaban J connectivity index is 1.65. The zero-order chi connectivity index (χ0) is 22.3. The number of hydrogen-bond acceptors (Lipinski definition) is 5. The molecule has 0 fully saturated rings. The summed E-state index contributed by atoms with van der Waals surface area (Å²) < 4.78 is 40.2. The third-order valence-electron chi connectivity index (χ3n) is 5.20. The molecule has 0 saturated heterocycles. The van der Waals surface area contributed by atoms with E-state index in [1.54, 1.807) is 42.9 Å². The molecule has 160 valence electrons. The van der Waals surface area contributed by atoms with E-state index in [0.717, 1.165) is 34.0 Å². The number of benzene rings is 1. The highest BCUT2D eigenvalue weighted by Crippen LogP contribution is 2.36. The number of nitrogens with one attached hydrogen (secondary N) is 2. The first kappa shape index (κ1) is 20.2. The molecule has 0 aliphatic rings. The molecule has 7 nitrogen and oxygen atoms in total. The van der Waals surface area contributed by atoms with E-state index < -0.39 is 15.8 Å². The summed E-state index contributed by atoms with van der Waals surface area (Å²) in [4.78, 5) is 16.1. The minimum Gasteiger partial charge on any atom is -0.338 e. The van der Waals surface area contributed by atoms with E-state index in [1.165, 1.54) is 6.20 Å². The largest absolute Gasteiger partial charge is 0.338 e. The third kappa shape index (κ3) is 3.83. The van der Waals surface area contributed by atoms with Crippen molar-refractivity contribution < 1.29 is 12.8 Å². The van der Waals surface area contributed by atoms with E-state index >= 15 is 4.39 Å². The minimum atomic E-state index is -3.30. The van der Waals surface area contributed by atoms with Gasteiger partial charge >= 0.3 is 0 Å². The molecule has 2 N–H and O–H groups in total. The van der Waals surface area contributed by atoms with Crippen LogP contribution in [0.4, 0.5) is 4.39 Å². The average Bonchev–Trinajstić information content (AvgIpc) is 3.16. The van der Waals surface area contributed by atoms with E-state index in [2.05, 4.69) is 24.7 Å². The molecule has 5 rings (SSSR count). The number of hydrogen-bond donors (Lipinski definition) is 2. The highest BCUT2D eigenvalue weighted by molar-refractivity contribution is 7.88. The van der Waals surface area contributed by atoms with Crippen molar-refractivity contribution in [3.8, 4) is 22.4 Å². The molecule has 0 amide bonds. The summed E-state index contributed by atoms with van der Waals surface area (Å²) in [5, 5.41) is 1.47. The number of rotatable bonds is 5. The number of aromatic nitrogens is 4. The third-order valence-corrected chi connectivity index (χ3v) is 5.87. The van der Waals surface area contributed by atoms with Gasteiger partial charge in [-0.05, 0) is 29.3 Å². The lowest BCUT2D eigenvalue weighted by molar-refractivity contribution is 0.587. The second-order valence-corrected chi connectivity index (χ2v) is 9.31. The number of aromatic amines is 1. The van der Waals surface area contributed by atoms with Crippen molar-refractivity contribution in [2.24, 2.45) is 0 Å². The first-order valence-corrected chi connectivity index (χ1v) is 11.7. The van der Waals surface area contributed by atoms with Gasteiger partial charge in [-0.15, -0.1) is 0 Å². The predicted octanol–water partition coefficient (Wildman–Crippen LogP) is 4.03. The molecule has 0 aliphatic heterocycles. The van der Waals surface area contributed by atoms with Crippen LogP contribution in [0.5, 0.6) is 0 Å². The Morgan fingerprint density at radius 1 is 1.03 bits per heavy atom. The van der Waals surface area contributed by atoms with Crippen LogP contribution in [-0.4, -0.2) is 34.6 Å². The van der Waals surface area contributed by atoms with Crippen LogP contribution in [0.25, 0.3) is 44.3 Å². The van der Waals surface area contributed by atoms with Crippen molar-refractivity contribution in [2.75, 3.05) is 6.26 Å². The number of halogens is 1. The molecule has 4 aromatic heterocycles. The molecule has 0 saturated carbocycles. The van der Waals surface area contributed by atoms with Gasteiger partial charge in [0.05, 0.1) is 29.9 Å². The fraction of sp³-hybridized carbons (Fsp3) is 0.0870. The fourth-order valence-corrected chi connectivity index (χ4v) is 4.12. The maximum Gasteiger partial charge on any atom is 0.209 e. The van der Waals surface area contributed by atoms with Gasteiger partial charge in [-0.3, -0.25) is 9.97 Å². The van der Waals surface area contributed by atoms with Crippen LogP contribution in [0.3, 0.4) is 0 Å². The summed E-state index contributed by atoms with van der Waals surface area (Å²) >= 11 is 0. The standard InChI is InChI=1S/C23H18FN5O2S/c1-32(30,31)28-10-14-4-6-15(7-5-14)21-18(24)12-27-23-22(21)17-9-19(26-13-20(17)29-23)16-3-2-8-25-11-16/h2-9,11-13,28H,10H2,1H3,(H,27,29). The topological polar surface area (TPSA) is 101 Å². The summed E-state index contributed by atoms with van der Waals surface area (Å²) in [5.41, 5.74) is 4.75. The Morgan fingerprint density at radius 2 is 1.84 bits per heavy atom. The van der Waals surface area contributed by atoms with E-state index in [4.69, 9.17) is 0 Å². The summed E-state index contributed by atoms with van der Waals surface area (Å²) in [7, 11) is -3.30. The summed E-state index contributed by atoms with van der Waals surface area (Å²) in [6, 6.07) is 12.8. The zero-order valence-electron chi connectivity index (χ0n) is 17.0. The number of nitrogens with zero attached hydrogens (tertiary/aromatic N) is 3. The smallest absolute Gasteiger partial charge is 0.209 e.